The Kier molecular flexibility index (Phi) is 6.29. The van der Waals surface area contributed by atoms with Crippen molar-refractivity contribution in [3.63, 3.8) is 0 Å². The van der Waals surface area contributed by atoms with Crippen LogP contribution in [0.15, 0.2) is 54.6 Å². The van der Waals surface area contributed by atoms with Gasteiger partial charge in [-0.3, -0.25) is 4.79 Å². The summed E-state index contributed by atoms with van der Waals surface area (Å²) < 4.78 is 10.6. The second-order valence-electron chi connectivity index (χ2n) is 6.69. The molecular formula is C22H24N4O3. The van der Waals surface area contributed by atoms with Crippen molar-refractivity contribution in [3.8, 4) is 11.5 Å². The lowest BCUT2D eigenvalue weighted by Crippen LogP contribution is -2.16. The van der Waals surface area contributed by atoms with E-state index in [1.165, 1.54) is 0 Å². The Hall–Kier alpha value is -3.61. The number of amides is 1. The van der Waals surface area contributed by atoms with Crippen LogP contribution in [0.4, 0.5) is 17.2 Å². The third-order valence-corrected chi connectivity index (χ3v) is 4.40. The number of benzene rings is 2. The molecule has 0 saturated carbocycles. The van der Waals surface area contributed by atoms with Crippen molar-refractivity contribution in [2.75, 3.05) is 24.9 Å². The molecule has 1 aromatic heterocycles. The lowest BCUT2D eigenvalue weighted by Gasteiger charge is -2.13. The molecule has 29 heavy (non-hydrogen) atoms. The van der Waals surface area contributed by atoms with Crippen LogP contribution in [0.3, 0.4) is 0 Å². The second-order valence-corrected chi connectivity index (χ2v) is 6.69. The average molecular weight is 392 g/mol. The van der Waals surface area contributed by atoms with E-state index in [0.29, 0.717) is 28.9 Å². The SMILES string of the molecule is COc1ccc(OC)c(Nc2ccc(C(=O)Nc3ccccc3C(C)C)nn2)c1. The molecule has 3 aromatic rings. The minimum atomic E-state index is -0.309. The molecule has 1 heterocycles. The Morgan fingerprint density at radius 3 is 2.38 bits per heavy atom. The molecule has 0 fully saturated rings. The topological polar surface area (TPSA) is 85.4 Å². The predicted octanol–water partition coefficient (Wildman–Crippen LogP) is 4.61. The van der Waals surface area contributed by atoms with Gasteiger partial charge in [-0.15, -0.1) is 10.2 Å². The van der Waals surface area contributed by atoms with Gasteiger partial charge in [0, 0.05) is 11.8 Å². The standard InChI is InChI=1S/C22H24N4O3/c1-14(2)16-7-5-6-8-17(16)24-22(27)18-10-12-21(26-25-18)23-19-13-15(28-3)9-11-20(19)29-4/h5-14H,1-4H3,(H,23,26)(H,24,27). The van der Waals surface area contributed by atoms with Crippen LogP contribution in [-0.4, -0.2) is 30.3 Å². The van der Waals surface area contributed by atoms with Crippen LogP contribution in [-0.2, 0) is 0 Å². The van der Waals surface area contributed by atoms with Crippen LogP contribution in [0.5, 0.6) is 11.5 Å². The van der Waals surface area contributed by atoms with Gasteiger partial charge in [0.15, 0.2) is 11.5 Å². The molecule has 1 amide bonds. The quantitative estimate of drug-likeness (QED) is 0.611. The van der Waals surface area contributed by atoms with Crippen molar-refractivity contribution < 1.29 is 14.3 Å². The Labute approximate surface area is 170 Å². The van der Waals surface area contributed by atoms with E-state index in [1.807, 2.05) is 24.3 Å². The summed E-state index contributed by atoms with van der Waals surface area (Å²) in [5.74, 6) is 1.79. The van der Waals surface area contributed by atoms with Crippen molar-refractivity contribution in [1.82, 2.24) is 10.2 Å². The van der Waals surface area contributed by atoms with E-state index in [1.54, 1.807) is 44.6 Å². The fraction of sp³-hybridized carbons (Fsp3) is 0.227. The highest BCUT2D eigenvalue weighted by atomic mass is 16.5. The van der Waals surface area contributed by atoms with Gasteiger partial charge in [0.1, 0.15) is 11.5 Å². The molecule has 0 aliphatic heterocycles. The molecule has 0 spiro atoms. The van der Waals surface area contributed by atoms with Gasteiger partial charge < -0.3 is 20.1 Å². The molecule has 7 nitrogen and oxygen atoms in total. The third-order valence-electron chi connectivity index (χ3n) is 4.40. The number of nitrogens with zero attached hydrogens (tertiary/aromatic N) is 2. The fourth-order valence-corrected chi connectivity index (χ4v) is 2.87. The largest absolute Gasteiger partial charge is 0.497 e. The van der Waals surface area contributed by atoms with Gasteiger partial charge in [0.05, 0.1) is 19.9 Å². The summed E-state index contributed by atoms with van der Waals surface area (Å²) in [6.07, 6.45) is 0. The van der Waals surface area contributed by atoms with Crippen LogP contribution in [0.2, 0.25) is 0 Å². The zero-order chi connectivity index (χ0) is 20.8. The number of anilines is 3. The number of ether oxygens (including phenoxy) is 2. The van der Waals surface area contributed by atoms with E-state index in [-0.39, 0.29) is 11.6 Å². The first-order chi connectivity index (χ1) is 14.0. The number of nitrogens with one attached hydrogen (secondary N) is 2. The first-order valence-electron chi connectivity index (χ1n) is 9.25. The first kappa shape index (κ1) is 20.1. The number of rotatable bonds is 7. The van der Waals surface area contributed by atoms with Crippen LogP contribution >= 0.6 is 0 Å². The highest BCUT2D eigenvalue weighted by molar-refractivity contribution is 6.03. The Morgan fingerprint density at radius 2 is 1.72 bits per heavy atom. The summed E-state index contributed by atoms with van der Waals surface area (Å²) >= 11 is 0. The number of para-hydroxylation sites is 1. The van der Waals surface area contributed by atoms with Crippen molar-refractivity contribution in [2.45, 2.75) is 19.8 Å². The molecule has 3 rings (SSSR count). The molecular weight excluding hydrogens is 368 g/mol. The number of hydrogen-bond acceptors (Lipinski definition) is 6. The van der Waals surface area contributed by atoms with Crippen LogP contribution < -0.4 is 20.1 Å². The molecule has 2 aromatic carbocycles. The minimum Gasteiger partial charge on any atom is -0.497 e. The molecule has 0 unspecified atom stereocenters. The van der Waals surface area contributed by atoms with E-state index in [2.05, 4.69) is 34.7 Å². The number of hydrogen-bond donors (Lipinski definition) is 2. The summed E-state index contributed by atoms with van der Waals surface area (Å²) in [5.41, 5.74) is 2.76. The van der Waals surface area contributed by atoms with E-state index < -0.39 is 0 Å². The number of methoxy groups -OCH3 is 2. The zero-order valence-corrected chi connectivity index (χ0v) is 16.9. The van der Waals surface area contributed by atoms with Crippen LogP contribution in [0.1, 0.15) is 35.8 Å². The monoisotopic (exact) mass is 392 g/mol. The highest BCUT2D eigenvalue weighted by Gasteiger charge is 2.13. The Bertz CT molecular complexity index is 988. The molecule has 0 bridgehead atoms. The maximum Gasteiger partial charge on any atom is 0.276 e. The van der Waals surface area contributed by atoms with Crippen molar-refractivity contribution >= 4 is 23.1 Å². The van der Waals surface area contributed by atoms with E-state index in [4.69, 9.17) is 9.47 Å². The molecule has 2 N–H and O–H groups in total. The molecule has 7 heteroatoms. The lowest BCUT2D eigenvalue weighted by molar-refractivity contribution is 0.102. The summed E-state index contributed by atoms with van der Waals surface area (Å²) in [6, 6.07) is 16.4. The number of carbonyl (C=O) groups is 1. The molecule has 0 saturated heterocycles. The van der Waals surface area contributed by atoms with Crippen molar-refractivity contribution in [3.05, 3.63) is 65.9 Å². The normalized spacial score (nSPS) is 10.5. The fourth-order valence-electron chi connectivity index (χ4n) is 2.87. The molecule has 150 valence electrons. The maximum atomic E-state index is 12.6. The average Bonchev–Trinajstić information content (AvgIpc) is 2.74. The van der Waals surface area contributed by atoms with E-state index in [9.17, 15) is 4.79 Å². The first-order valence-corrected chi connectivity index (χ1v) is 9.25. The molecule has 0 radical (unpaired) electrons. The molecule has 0 aliphatic carbocycles. The smallest absolute Gasteiger partial charge is 0.276 e. The lowest BCUT2D eigenvalue weighted by atomic mass is 10.0. The maximum absolute atomic E-state index is 12.6. The van der Waals surface area contributed by atoms with Crippen LogP contribution in [0.25, 0.3) is 0 Å². The summed E-state index contributed by atoms with van der Waals surface area (Å²) in [4.78, 5) is 12.6. The van der Waals surface area contributed by atoms with Crippen LogP contribution in [0, 0.1) is 0 Å². The van der Waals surface area contributed by atoms with Gasteiger partial charge >= 0.3 is 0 Å². The van der Waals surface area contributed by atoms with Crippen molar-refractivity contribution in [2.24, 2.45) is 0 Å². The van der Waals surface area contributed by atoms with Gasteiger partial charge in [0.25, 0.3) is 5.91 Å². The van der Waals surface area contributed by atoms with Gasteiger partial charge in [-0.25, -0.2) is 0 Å². The summed E-state index contributed by atoms with van der Waals surface area (Å²) in [6.45, 7) is 4.16. The summed E-state index contributed by atoms with van der Waals surface area (Å²) in [7, 11) is 3.18. The Morgan fingerprint density at radius 1 is 0.931 bits per heavy atom. The minimum absolute atomic E-state index is 0.228. The predicted molar refractivity (Wildman–Crippen MR) is 113 cm³/mol. The third kappa shape index (κ3) is 4.82. The van der Waals surface area contributed by atoms with Gasteiger partial charge in [-0.1, -0.05) is 32.0 Å². The van der Waals surface area contributed by atoms with E-state index in [0.717, 1.165) is 11.3 Å². The van der Waals surface area contributed by atoms with Gasteiger partial charge in [-0.2, -0.15) is 0 Å². The van der Waals surface area contributed by atoms with Gasteiger partial charge in [0.2, 0.25) is 0 Å². The summed E-state index contributed by atoms with van der Waals surface area (Å²) in [5, 5.41) is 14.2. The molecule has 0 atom stereocenters. The molecule has 0 aliphatic rings. The Balaban J connectivity index is 1.75. The van der Waals surface area contributed by atoms with Gasteiger partial charge in [-0.05, 0) is 41.8 Å². The highest BCUT2D eigenvalue weighted by Crippen LogP contribution is 2.31. The zero-order valence-electron chi connectivity index (χ0n) is 16.9. The number of carbonyl (C=O) groups excluding carboxylic acids is 1. The second kappa shape index (κ2) is 9.05. The van der Waals surface area contributed by atoms with E-state index >= 15 is 0 Å². The van der Waals surface area contributed by atoms with Crippen molar-refractivity contribution in [1.29, 1.82) is 0 Å². The number of aromatic nitrogens is 2.